The summed E-state index contributed by atoms with van der Waals surface area (Å²) in [5, 5.41) is 3.62. The van der Waals surface area contributed by atoms with Gasteiger partial charge in [0.05, 0.1) is 0 Å². The normalized spacial score (nSPS) is 23.9. The first kappa shape index (κ1) is 11.4. The van der Waals surface area contributed by atoms with Crippen LogP contribution in [0.1, 0.15) is 44.0 Å². The summed E-state index contributed by atoms with van der Waals surface area (Å²) in [4.78, 5) is 9.36. The quantitative estimate of drug-likeness (QED) is 0.917. The number of hydrogen-bond acceptors (Lipinski definition) is 3. The van der Waals surface area contributed by atoms with E-state index in [2.05, 4.69) is 20.9 Å². The van der Waals surface area contributed by atoms with Gasteiger partial charge in [0.2, 0.25) is 0 Å². The van der Waals surface area contributed by atoms with Crippen LogP contribution in [-0.2, 0) is 6.42 Å². The van der Waals surface area contributed by atoms with Gasteiger partial charge >= 0.3 is 0 Å². The molecule has 2 aliphatic rings. The highest BCUT2D eigenvalue weighted by atomic mass is 15.2. The number of rotatable bonds is 3. The van der Waals surface area contributed by atoms with Crippen molar-refractivity contribution in [2.24, 2.45) is 0 Å². The highest BCUT2D eigenvalue weighted by Crippen LogP contribution is 2.38. The first-order valence-corrected chi connectivity index (χ1v) is 7.47. The number of imidazole rings is 1. The smallest absolute Gasteiger partial charge is 0.160 e. The Morgan fingerprint density at radius 3 is 3.00 bits per heavy atom. The number of piperidine rings is 1. The van der Waals surface area contributed by atoms with E-state index in [1.165, 1.54) is 37.9 Å². The Kier molecular flexibility index (Phi) is 2.76. The third-order valence-corrected chi connectivity index (χ3v) is 4.28. The lowest BCUT2D eigenvalue weighted by atomic mass is 10.0. The molecule has 1 N–H and O–H groups in total. The van der Waals surface area contributed by atoms with Crippen molar-refractivity contribution < 1.29 is 0 Å². The molecule has 100 valence electrons. The van der Waals surface area contributed by atoms with Gasteiger partial charge in [-0.15, -0.1) is 0 Å². The largest absolute Gasteiger partial charge is 0.314 e. The number of aromatic nitrogens is 3. The lowest BCUT2D eigenvalue weighted by Gasteiger charge is -2.23. The van der Waals surface area contributed by atoms with E-state index >= 15 is 0 Å². The third kappa shape index (κ3) is 2.14. The number of nitrogens with one attached hydrogen (secondary N) is 1. The molecule has 4 rings (SSSR count). The van der Waals surface area contributed by atoms with Crippen molar-refractivity contribution in [3.63, 3.8) is 0 Å². The molecule has 19 heavy (non-hydrogen) atoms. The van der Waals surface area contributed by atoms with E-state index in [-0.39, 0.29) is 0 Å². The number of nitrogens with zero attached hydrogens (tertiary/aromatic N) is 3. The number of hydrogen-bond donors (Lipinski definition) is 1. The Bertz CT molecular complexity index is 579. The van der Waals surface area contributed by atoms with Gasteiger partial charge in [-0.25, -0.2) is 9.97 Å². The van der Waals surface area contributed by atoms with Crippen molar-refractivity contribution >= 4 is 11.2 Å². The predicted molar refractivity (Wildman–Crippen MR) is 75.1 cm³/mol. The fourth-order valence-electron chi connectivity index (χ4n) is 3.16. The van der Waals surface area contributed by atoms with Crippen molar-refractivity contribution in [2.75, 3.05) is 6.54 Å². The molecule has 1 unspecified atom stereocenters. The van der Waals surface area contributed by atoms with Gasteiger partial charge < -0.3 is 9.88 Å². The molecule has 0 radical (unpaired) electrons. The molecule has 1 aliphatic carbocycles. The highest BCUT2D eigenvalue weighted by molar-refractivity contribution is 5.71. The number of fused-ring (bicyclic) bond motifs is 1. The van der Waals surface area contributed by atoms with Gasteiger partial charge in [0.25, 0.3) is 0 Å². The zero-order chi connectivity index (χ0) is 12.7. The van der Waals surface area contributed by atoms with E-state index < -0.39 is 0 Å². The van der Waals surface area contributed by atoms with Gasteiger partial charge in [0, 0.05) is 24.7 Å². The zero-order valence-electron chi connectivity index (χ0n) is 11.2. The SMILES string of the molecule is c1cnc2c(c1)nc(CC1CCCCN1)n2C1CC1. The summed E-state index contributed by atoms with van der Waals surface area (Å²) in [6, 6.07) is 5.32. The van der Waals surface area contributed by atoms with Gasteiger partial charge in [-0.3, -0.25) is 0 Å². The fraction of sp³-hybridized carbons (Fsp3) is 0.600. The summed E-state index contributed by atoms with van der Waals surface area (Å²) in [6.45, 7) is 1.16. The Balaban J connectivity index is 1.69. The molecule has 1 atom stereocenters. The lowest BCUT2D eigenvalue weighted by molar-refractivity contribution is 0.390. The standard InChI is InChI=1S/C15H20N4/c1-2-8-16-11(4-1)10-14-18-13-5-3-9-17-15(13)19(14)12-6-7-12/h3,5,9,11-12,16H,1-2,4,6-8,10H2. The van der Waals surface area contributed by atoms with Crippen molar-refractivity contribution in [3.05, 3.63) is 24.2 Å². The first-order valence-electron chi connectivity index (χ1n) is 7.47. The van der Waals surface area contributed by atoms with E-state index in [9.17, 15) is 0 Å². The van der Waals surface area contributed by atoms with Crippen LogP contribution in [0.15, 0.2) is 18.3 Å². The van der Waals surface area contributed by atoms with Crippen LogP contribution in [-0.4, -0.2) is 27.1 Å². The fourth-order valence-corrected chi connectivity index (χ4v) is 3.16. The zero-order valence-corrected chi connectivity index (χ0v) is 11.2. The molecule has 0 spiro atoms. The van der Waals surface area contributed by atoms with Gasteiger partial charge in [0.15, 0.2) is 5.65 Å². The molecule has 2 fully saturated rings. The van der Waals surface area contributed by atoms with Crippen LogP contribution >= 0.6 is 0 Å². The molecule has 0 bridgehead atoms. The number of pyridine rings is 1. The molecule has 2 aromatic rings. The van der Waals surface area contributed by atoms with Gasteiger partial charge in [-0.05, 0) is 44.4 Å². The molecule has 1 saturated carbocycles. The molecule has 0 aromatic carbocycles. The molecular formula is C15H20N4. The summed E-state index contributed by atoms with van der Waals surface area (Å²) in [6.07, 6.45) is 9.44. The van der Waals surface area contributed by atoms with Crippen LogP contribution in [0.4, 0.5) is 0 Å². The minimum Gasteiger partial charge on any atom is -0.314 e. The Labute approximate surface area is 113 Å². The lowest BCUT2D eigenvalue weighted by Crippen LogP contribution is -2.36. The van der Waals surface area contributed by atoms with Crippen LogP contribution in [0.3, 0.4) is 0 Å². The third-order valence-electron chi connectivity index (χ3n) is 4.28. The monoisotopic (exact) mass is 256 g/mol. The van der Waals surface area contributed by atoms with Crippen LogP contribution < -0.4 is 5.32 Å². The van der Waals surface area contributed by atoms with Gasteiger partial charge in [-0.2, -0.15) is 0 Å². The second-order valence-corrected chi connectivity index (χ2v) is 5.83. The van der Waals surface area contributed by atoms with Crippen LogP contribution in [0, 0.1) is 0 Å². The molecule has 4 nitrogen and oxygen atoms in total. The minimum atomic E-state index is 0.600. The molecule has 1 saturated heterocycles. The summed E-state index contributed by atoms with van der Waals surface area (Å²) in [5.74, 6) is 1.23. The average Bonchev–Trinajstić information content (AvgIpc) is 3.21. The average molecular weight is 256 g/mol. The molecule has 0 amide bonds. The van der Waals surface area contributed by atoms with E-state index in [1.54, 1.807) is 0 Å². The molecule has 4 heteroatoms. The Morgan fingerprint density at radius 1 is 1.26 bits per heavy atom. The Hall–Kier alpha value is -1.42. The highest BCUT2D eigenvalue weighted by Gasteiger charge is 2.29. The van der Waals surface area contributed by atoms with E-state index in [0.717, 1.165) is 24.1 Å². The van der Waals surface area contributed by atoms with Crippen molar-refractivity contribution in [2.45, 2.75) is 50.6 Å². The van der Waals surface area contributed by atoms with Crippen molar-refractivity contribution in [1.29, 1.82) is 0 Å². The molecule has 1 aliphatic heterocycles. The van der Waals surface area contributed by atoms with Crippen LogP contribution in [0.2, 0.25) is 0 Å². The molecular weight excluding hydrogens is 236 g/mol. The molecule has 3 heterocycles. The Morgan fingerprint density at radius 2 is 2.21 bits per heavy atom. The maximum absolute atomic E-state index is 4.83. The van der Waals surface area contributed by atoms with Crippen molar-refractivity contribution in [1.82, 2.24) is 19.9 Å². The van der Waals surface area contributed by atoms with Crippen molar-refractivity contribution in [3.8, 4) is 0 Å². The van der Waals surface area contributed by atoms with E-state index in [0.29, 0.717) is 12.1 Å². The van der Waals surface area contributed by atoms with Gasteiger partial charge in [-0.1, -0.05) is 6.42 Å². The van der Waals surface area contributed by atoms with Crippen LogP contribution in [0.5, 0.6) is 0 Å². The van der Waals surface area contributed by atoms with E-state index in [4.69, 9.17) is 4.98 Å². The molecule has 2 aromatic heterocycles. The van der Waals surface area contributed by atoms with Crippen LogP contribution in [0.25, 0.3) is 11.2 Å². The summed E-state index contributed by atoms with van der Waals surface area (Å²) >= 11 is 0. The topological polar surface area (TPSA) is 42.7 Å². The minimum absolute atomic E-state index is 0.600. The second kappa shape index (κ2) is 4.60. The summed E-state index contributed by atoms with van der Waals surface area (Å²) in [5.41, 5.74) is 2.14. The predicted octanol–water partition coefficient (Wildman–Crippen LogP) is 2.45. The second-order valence-electron chi connectivity index (χ2n) is 5.83. The first-order chi connectivity index (χ1) is 9.42. The van der Waals surface area contributed by atoms with E-state index in [1.807, 2.05) is 12.3 Å². The maximum atomic E-state index is 4.83. The summed E-state index contributed by atoms with van der Waals surface area (Å²) in [7, 11) is 0. The van der Waals surface area contributed by atoms with Gasteiger partial charge in [0.1, 0.15) is 11.3 Å². The summed E-state index contributed by atoms with van der Waals surface area (Å²) < 4.78 is 2.39. The maximum Gasteiger partial charge on any atom is 0.160 e.